The van der Waals surface area contributed by atoms with Crippen molar-refractivity contribution in [3.05, 3.63) is 50.7 Å². The zero-order chi connectivity index (χ0) is 15.5. The zero-order valence-corrected chi connectivity index (χ0v) is 13.4. The predicted octanol–water partition coefficient (Wildman–Crippen LogP) is 3.26. The van der Waals surface area contributed by atoms with Crippen LogP contribution in [0.4, 0.5) is 5.69 Å². The smallest absolute Gasteiger partial charge is 0.251 e. The zero-order valence-electron chi connectivity index (χ0n) is 11.8. The molecular weight excluding hydrogens is 320 g/mol. The summed E-state index contributed by atoms with van der Waals surface area (Å²) in [6.45, 7) is -0.0813. The molecule has 0 atom stereocenters. The molecule has 0 unspecified atom stereocenters. The Morgan fingerprint density at radius 2 is 2.00 bits per heavy atom. The molecule has 6 heteroatoms. The topological polar surface area (TPSA) is 58.2 Å². The summed E-state index contributed by atoms with van der Waals surface area (Å²) in [6.07, 6.45) is 3.25. The first kappa shape index (κ1) is 15.1. The summed E-state index contributed by atoms with van der Waals surface area (Å²) in [4.78, 5) is 23.9. The quantitative estimate of drug-likeness (QED) is 0.901. The minimum atomic E-state index is -0.296. The predicted molar refractivity (Wildman–Crippen MR) is 88.8 cm³/mol. The van der Waals surface area contributed by atoms with Crippen molar-refractivity contribution >= 4 is 40.4 Å². The van der Waals surface area contributed by atoms with E-state index in [0.29, 0.717) is 15.6 Å². The summed E-state index contributed by atoms with van der Waals surface area (Å²) < 4.78 is 0.526. The van der Waals surface area contributed by atoms with Crippen LogP contribution in [0.1, 0.15) is 27.9 Å². The van der Waals surface area contributed by atoms with E-state index in [0.717, 1.165) is 19.3 Å². The Kier molecular flexibility index (Phi) is 4.45. The molecule has 2 aromatic rings. The Bertz CT molecular complexity index is 727. The Morgan fingerprint density at radius 3 is 2.77 bits per heavy atom. The standard InChI is InChI=1S/C16H15ClN2O2S/c17-15-13(6-7-22-15)19-14(20)9-18-16(21)12-5-4-10-2-1-3-11(10)8-12/h4-8H,1-3,9H2,(H,18,21)(H,19,20). The van der Waals surface area contributed by atoms with E-state index in [-0.39, 0.29) is 18.4 Å². The maximum Gasteiger partial charge on any atom is 0.251 e. The van der Waals surface area contributed by atoms with E-state index in [1.54, 1.807) is 11.4 Å². The third kappa shape index (κ3) is 3.31. The minimum Gasteiger partial charge on any atom is -0.343 e. The molecule has 0 saturated carbocycles. The van der Waals surface area contributed by atoms with Gasteiger partial charge in [0.1, 0.15) is 4.34 Å². The fourth-order valence-corrected chi connectivity index (χ4v) is 3.39. The van der Waals surface area contributed by atoms with Crippen LogP contribution in [0, 0.1) is 0 Å². The molecule has 1 aromatic carbocycles. The molecule has 22 heavy (non-hydrogen) atoms. The van der Waals surface area contributed by atoms with Crippen LogP contribution in [0.15, 0.2) is 29.6 Å². The molecule has 1 aromatic heterocycles. The highest BCUT2D eigenvalue weighted by atomic mass is 35.5. The number of amides is 2. The number of carbonyl (C=O) groups is 2. The van der Waals surface area contributed by atoms with Gasteiger partial charge in [-0.25, -0.2) is 0 Å². The molecule has 1 aliphatic carbocycles. The highest BCUT2D eigenvalue weighted by molar-refractivity contribution is 7.15. The number of hydrogen-bond acceptors (Lipinski definition) is 3. The lowest BCUT2D eigenvalue weighted by molar-refractivity contribution is -0.115. The van der Waals surface area contributed by atoms with Crippen molar-refractivity contribution in [2.75, 3.05) is 11.9 Å². The molecule has 4 nitrogen and oxygen atoms in total. The molecule has 0 fully saturated rings. The van der Waals surface area contributed by atoms with Crippen LogP contribution >= 0.6 is 22.9 Å². The summed E-state index contributed by atoms with van der Waals surface area (Å²) in [5, 5.41) is 7.09. The van der Waals surface area contributed by atoms with Crippen molar-refractivity contribution in [2.45, 2.75) is 19.3 Å². The van der Waals surface area contributed by atoms with Gasteiger partial charge in [0.05, 0.1) is 12.2 Å². The molecule has 0 radical (unpaired) electrons. The molecule has 1 heterocycles. The molecule has 2 N–H and O–H groups in total. The first-order valence-electron chi connectivity index (χ1n) is 7.06. The van der Waals surface area contributed by atoms with Crippen molar-refractivity contribution in [1.82, 2.24) is 5.32 Å². The highest BCUT2D eigenvalue weighted by Gasteiger charge is 2.14. The summed E-state index contributed by atoms with van der Waals surface area (Å²) in [7, 11) is 0. The van der Waals surface area contributed by atoms with Gasteiger partial charge in [0.2, 0.25) is 5.91 Å². The summed E-state index contributed by atoms with van der Waals surface area (Å²) >= 11 is 7.26. The van der Waals surface area contributed by atoms with Crippen LogP contribution in [-0.2, 0) is 17.6 Å². The molecule has 2 amide bonds. The molecule has 0 aliphatic heterocycles. The number of rotatable bonds is 4. The van der Waals surface area contributed by atoms with Gasteiger partial charge in [-0.2, -0.15) is 0 Å². The van der Waals surface area contributed by atoms with E-state index < -0.39 is 0 Å². The van der Waals surface area contributed by atoms with Gasteiger partial charge in [-0.3, -0.25) is 9.59 Å². The number of nitrogens with one attached hydrogen (secondary N) is 2. The van der Waals surface area contributed by atoms with E-state index >= 15 is 0 Å². The number of carbonyl (C=O) groups excluding carboxylic acids is 2. The van der Waals surface area contributed by atoms with Crippen LogP contribution in [-0.4, -0.2) is 18.4 Å². The lowest BCUT2D eigenvalue weighted by Gasteiger charge is -2.07. The average molecular weight is 335 g/mol. The molecule has 0 bridgehead atoms. The second kappa shape index (κ2) is 6.50. The minimum absolute atomic E-state index is 0.0813. The summed E-state index contributed by atoms with van der Waals surface area (Å²) in [6, 6.07) is 7.47. The van der Waals surface area contributed by atoms with Crippen molar-refractivity contribution in [1.29, 1.82) is 0 Å². The summed E-state index contributed by atoms with van der Waals surface area (Å²) in [5.41, 5.74) is 3.73. The Hall–Kier alpha value is -1.85. The van der Waals surface area contributed by atoms with Crippen LogP contribution in [0.25, 0.3) is 0 Å². The maximum atomic E-state index is 12.1. The first-order chi connectivity index (χ1) is 10.6. The molecule has 0 saturated heterocycles. The largest absolute Gasteiger partial charge is 0.343 e. The van der Waals surface area contributed by atoms with E-state index in [4.69, 9.17) is 11.6 Å². The second-order valence-electron chi connectivity index (χ2n) is 5.18. The third-order valence-electron chi connectivity index (χ3n) is 3.66. The average Bonchev–Trinajstić information content (AvgIpc) is 3.13. The fraction of sp³-hybridized carbons (Fsp3) is 0.250. The molecule has 3 rings (SSSR count). The number of benzene rings is 1. The van der Waals surface area contributed by atoms with Gasteiger partial charge < -0.3 is 10.6 Å². The Balaban J connectivity index is 1.56. The number of anilines is 1. The van der Waals surface area contributed by atoms with Crippen molar-refractivity contribution in [3.63, 3.8) is 0 Å². The molecular formula is C16H15ClN2O2S. The summed E-state index contributed by atoms with van der Waals surface area (Å²) in [5.74, 6) is -0.531. The number of halogens is 1. The molecule has 1 aliphatic rings. The monoisotopic (exact) mass is 334 g/mol. The van der Waals surface area contributed by atoms with Gasteiger partial charge in [0.25, 0.3) is 5.91 Å². The first-order valence-corrected chi connectivity index (χ1v) is 8.32. The third-order valence-corrected chi connectivity index (χ3v) is 4.83. The van der Waals surface area contributed by atoms with Crippen molar-refractivity contribution in [2.24, 2.45) is 0 Å². The van der Waals surface area contributed by atoms with Gasteiger partial charge >= 0.3 is 0 Å². The van der Waals surface area contributed by atoms with E-state index in [9.17, 15) is 9.59 Å². The van der Waals surface area contributed by atoms with E-state index in [1.807, 2.05) is 18.2 Å². The lowest BCUT2D eigenvalue weighted by atomic mass is 10.1. The van der Waals surface area contributed by atoms with E-state index in [1.165, 1.54) is 22.5 Å². The molecule has 114 valence electrons. The Labute approximate surface area is 137 Å². The highest BCUT2D eigenvalue weighted by Crippen LogP contribution is 2.27. The number of fused-ring (bicyclic) bond motifs is 1. The van der Waals surface area contributed by atoms with Crippen molar-refractivity contribution in [3.8, 4) is 0 Å². The Morgan fingerprint density at radius 1 is 1.18 bits per heavy atom. The van der Waals surface area contributed by atoms with E-state index in [2.05, 4.69) is 10.6 Å². The molecule has 0 spiro atoms. The number of thiophene rings is 1. The SMILES string of the molecule is O=C(CNC(=O)c1ccc2c(c1)CCC2)Nc1ccsc1Cl. The van der Waals surface area contributed by atoms with Crippen LogP contribution < -0.4 is 10.6 Å². The number of aryl methyl sites for hydroxylation is 2. The van der Waals surface area contributed by atoms with Gasteiger partial charge in [-0.15, -0.1) is 11.3 Å². The van der Waals surface area contributed by atoms with Gasteiger partial charge in [0, 0.05) is 5.56 Å². The number of hydrogen-bond donors (Lipinski definition) is 2. The fourth-order valence-electron chi connectivity index (χ4n) is 2.55. The lowest BCUT2D eigenvalue weighted by Crippen LogP contribution is -2.32. The van der Waals surface area contributed by atoms with Gasteiger partial charge in [0.15, 0.2) is 0 Å². The van der Waals surface area contributed by atoms with Gasteiger partial charge in [-0.05, 0) is 54.0 Å². The van der Waals surface area contributed by atoms with Crippen LogP contribution in [0.3, 0.4) is 0 Å². The second-order valence-corrected chi connectivity index (χ2v) is 6.69. The van der Waals surface area contributed by atoms with Crippen LogP contribution in [0.2, 0.25) is 4.34 Å². The normalized spacial score (nSPS) is 12.8. The van der Waals surface area contributed by atoms with Gasteiger partial charge in [-0.1, -0.05) is 17.7 Å². The van der Waals surface area contributed by atoms with Crippen molar-refractivity contribution < 1.29 is 9.59 Å². The van der Waals surface area contributed by atoms with Crippen LogP contribution in [0.5, 0.6) is 0 Å². The maximum absolute atomic E-state index is 12.1.